The van der Waals surface area contributed by atoms with E-state index in [0.29, 0.717) is 46.4 Å². The van der Waals surface area contributed by atoms with E-state index in [0.717, 1.165) is 12.8 Å². The zero-order valence-electron chi connectivity index (χ0n) is 16.7. The van der Waals surface area contributed by atoms with E-state index in [-0.39, 0.29) is 23.3 Å². The van der Waals surface area contributed by atoms with Crippen molar-refractivity contribution in [2.24, 2.45) is 0 Å². The van der Waals surface area contributed by atoms with E-state index in [1.807, 2.05) is 0 Å². The van der Waals surface area contributed by atoms with Crippen molar-refractivity contribution in [3.63, 3.8) is 0 Å². The lowest BCUT2D eigenvalue weighted by atomic mass is 9.96. The van der Waals surface area contributed by atoms with Crippen LogP contribution in [0.5, 0.6) is 0 Å². The number of nitrogens with zero attached hydrogens (tertiary/aromatic N) is 5. The Morgan fingerprint density at radius 3 is 2.90 bits per heavy atom. The summed E-state index contributed by atoms with van der Waals surface area (Å²) in [7, 11) is 0. The first-order valence-electron chi connectivity index (χ1n) is 9.96. The van der Waals surface area contributed by atoms with E-state index in [1.165, 1.54) is 4.52 Å². The fourth-order valence-corrected chi connectivity index (χ4v) is 4.00. The van der Waals surface area contributed by atoms with E-state index in [2.05, 4.69) is 20.2 Å². The highest BCUT2D eigenvalue weighted by molar-refractivity contribution is 6.30. The van der Waals surface area contributed by atoms with Crippen LogP contribution in [0.1, 0.15) is 40.6 Å². The summed E-state index contributed by atoms with van der Waals surface area (Å²) in [6.45, 7) is 2.97. The Labute approximate surface area is 181 Å². The van der Waals surface area contributed by atoms with Crippen LogP contribution in [0.15, 0.2) is 45.8 Å². The van der Waals surface area contributed by atoms with Crippen LogP contribution in [-0.4, -0.2) is 48.6 Å². The summed E-state index contributed by atoms with van der Waals surface area (Å²) in [5, 5.41) is 9.10. The number of H-pyrrole nitrogens is 1. The second-order valence-electron chi connectivity index (χ2n) is 7.68. The number of hydrogen-bond acceptors (Lipinski definition) is 6. The molecule has 1 saturated heterocycles. The normalized spacial score (nSPS) is 16.7. The first kappa shape index (κ1) is 19.5. The highest BCUT2D eigenvalue weighted by atomic mass is 35.5. The molecule has 0 bridgehead atoms. The number of carbonyl (C=O) groups is 1. The smallest absolute Gasteiger partial charge is 0.278 e. The van der Waals surface area contributed by atoms with Gasteiger partial charge in [0.1, 0.15) is 5.52 Å². The molecule has 0 radical (unpaired) electrons. The average molecular weight is 439 g/mol. The molecule has 4 aromatic rings. The number of benzene rings is 1. The van der Waals surface area contributed by atoms with E-state index in [4.69, 9.17) is 16.1 Å². The molecule has 5 rings (SSSR count). The van der Waals surface area contributed by atoms with Crippen molar-refractivity contribution in [3.8, 4) is 11.6 Å². The van der Waals surface area contributed by atoms with Crippen LogP contribution in [0.2, 0.25) is 5.02 Å². The number of aromatic amines is 1. The monoisotopic (exact) mass is 438 g/mol. The molecule has 158 valence electrons. The number of aryl methyl sites for hydroxylation is 1. The number of rotatable bonds is 3. The third-order valence-corrected chi connectivity index (χ3v) is 5.67. The van der Waals surface area contributed by atoms with Crippen LogP contribution in [0.4, 0.5) is 0 Å². The summed E-state index contributed by atoms with van der Waals surface area (Å²) in [4.78, 5) is 34.0. The second-order valence-corrected chi connectivity index (χ2v) is 8.12. The Balaban J connectivity index is 1.37. The minimum Gasteiger partial charge on any atom is -0.338 e. The minimum atomic E-state index is -0.234. The minimum absolute atomic E-state index is 0.0369. The summed E-state index contributed by atoms with van der Waals surface area (Å²) in [6, 6.07) is 8.50. The molecule has 1 amide bonds. The number of fused-ring (bicyclic) bond motifs is 1. The van der Waals surface area contributed by atoms with Crippen LogP contribution in [0.25, 0.3) is 17.1 Å². The quantitative estimate of drug-likeness (QED) is 0.526. The fourth-order valence-electron chi connectivity index (χ4n) is 3.88. The van der Waals surface area contributed by atoms with Crippen molar-refractivity contribution in [2.45, 2.75) is 25.7 Å². The molecule has 1 aliphatic rings. The van der Waals surface area contributed by atoms with Crippen LogP contribution in [0, 0.1) is 6.92 Å². The third kappa shape index (κ3) is 3.72. The standard InChI is InChI=1S/C21H19ClN6O3/c1-12-10-28-17(19(29)23-12)9-16(25-28)20-24-18(26-31-20)14-3-2-8-27(11-14)21(30)13-4-6-15(22)7-5-13/h4-7,9-10,14H,2-3,8,11H2,1H3,(H,23,29). The lowest BCUT2D eigenvalue weighted by Crippen LogP contribution is -2.39. The van der Waals surface area contributed by atoms with Crippen molar-refractivity contribution < 1.29 is 9.32 Å². The molecule has 0 aliphatic carbocycles. The third-order valence-electron chi connectivity index (χ3n) is 5.42. The van der Waals surface area contributed by atoms with Gasteiger partial charge in [-0.2, -0.15) is 10.1 Å². The lowest BCUT2D eigenvalue weighted by molar-refractivity contribution is 0.0703. The number of likely N-dealkylation sites (tertiary alicyclic amines) is 1. The van der Waals surface area contributed by atoms with Crippen molar-refractivity contribution >= 4 is 23.0 Å². The van der Waals surface area contributed by atoms with Crippen molar-refractivity contribution in [1.82, 2.24) is 29.6 Å². The van der Waals surface area contributed by atoms with E-state index in [1.54, 1.807) is 48.4 Å². The number of piperidine rings is 1. The molecule has 4 heterocycles. The number of hydrogen-bond donors (Lipinski definition) is 1. The summed E-state index contributed by atoms with van der Waals surface area (Å²) in [5.74, 6) is 0.702. The van der Waals surface area contributed by atoms with Gasteiger partial charge in [-0.3, -0.25) is 9.59 Å². The largest absolute Gasteiger partial charge is 0.338 e. The highest BCUT2D eigenvalue weighted by Gasteiger charge is 2.29. The lowest BCUT2D eigenvalue weighted by Gasteiger charge is -2.31. The second kappa shape index (κ2) is 7.66. The van der Waals surface area contributed by atoms with Gasteiger partial charge >= 0.3 is 0 Å². The highest BCUT2D eigenvalue weighted by Crippen LogP contribution is 2.28. The molecule has 10 heteroatoms. The van der Waals surface area contributed by atoms with Gasteiger partial charge in [-0.05, 0) is 44.0 Å². The van der Waals surface area contributed by atoms with Gasteiger partial charge in [-0.15, -0.1) is 0 Å². The van der Waals surface area contributed by atoms with Crippen LogP contribution in [0.3, 0.4) is 0 Å². The summed E-state index contributed by atoms with van der Waals surface area (Å²) < 4.78 is 6.93. The van der Waals surface area contributed by atoms with E-state index >= 15 is 0 Å². The first-order chi connectivity index (χ1) is 15.0. The van der Waals surface area contributed by atoms with Crippen LogP contribution in [-0.2, 0) is 0 Å². The molecule has 31 heavy (non-hydrogen) atoms. The van der Waals surface area contributed by atoms with Crippen molar-refractivity contribution in [2.75, 3.05) is 13.1 Å². The molecule has 1 fully saturated rings. The number of nitrogens with one attached hydrogen (secondary N) is 1. The summed E-state index contributed by atoms with van der Waals surface area (Å²) in [6.07, 6.45) is 3.42. The summed E-state index contributed by atoms with van der Waals surface area (Å²) in [5.41, 5.74) is 1.90. The van der Waals surface area contributed by atoms with Crippen molar-refractivity contribution in [1.29, 1.82) is 0 Å². The van der Waals surface area contributed by atoms with Gasteiger partial charge < -0.3 is 14.4 Å². The average Bonchev–Trinajstić information content (AvgIpc) is 3.41. The maximum absolute atomic E-state index is 12.8. The van der Waals surface area contributed by atoms with E-state index in [9.17, 15) is 9.59 Å². The van der Waals surface area contributed by atoms with Gasteiger partial charge in [0.15, 0.2) is 11.5 Å². The summed E-state index contributed by atoms with van der Waals surface area (Å²) >= 11 is 5.92. The maximum Gasteiger partial charge on any atom is 0.278 e. The number of halogens is 1. The number of aromatic nitrogens is 5. The Bertz CT molecular complexity index is 1320. The topological polar surface area (TPSA) is 109 Å². The molecule has 1 unspecified atom stereocenters. The maximum atomic E-state index is 12.8. The molecule has 1 aromatic carbocycles. The van der Waals surface area contributed by atoms with Gasteiger partial charge in [0.25, 0.3) is 17.4 Å². The van der Waals surface area contributed by atoms with Crippen LogP contribution < -0.4 is 5.56 Å². The Morgan fingerprint density at radius 2 is 2.10 bits per heavy atom. The molecule has 9 nitrogen and oxygen atoms in total. The predicted molar refractivity (Wildman–Crippen MR) is 113 cm³/mol. The number of carbonyl (C=O) groups excluding carboxylic acids is 1. The van der Waals surface area contributed by atoms with Crippen molar-refractivity contribution in [3.05, 3.63) is 69.0 Å². The Kier molecular flexibility index (Phi) is 4.82. The Hall–Kier alpha value is -3.46. The molecule has 1 N–H and O–H groups in total. The Morgan fingerprint density at radius 1 is 1.29 bits per heavy atom. The SMILES string of the molecule is Cc1cn2nc(-c3nc(C4CCCN(C(=O)c5ccc(Cl)cc5)C4)no3)cc2c(=O)[nH]1. The van der Waals surface area contributed by atoms with E-state index < -0.39 is 0 Å². The predicted octanol–water partition coefficient (Wildman–Crippen LogP) is 3.05. The van der Waals surface area contributed by atoms with Gasteiger partial charge in [0.2, 0.25) is 0 Å². The molecule has 1 atom stereocenters. The van der Waals surface area contributed by atoms with Crippen LogP contribution >= 0.6 is 11.6 Å². The zero-order valence-corrected chi connectivity index (χ0v) is 17.5. The molecule has 0 spiro atoms. The molecular formula is C21H19ClN6O3. The molecular weight excluding hydrogens is 420 g/mol. The first-order valence-corrected chi connectivity index (χ1v) is 10.3. The van der Waals surface area contributed by atoms with Gasteiger partial charge in [0.05, 0.1) is 0 Å². The number of amides is 1. The molecule has 0 saturated carbocycles. The van der Waals surface area contributed by atoms with Gasteiger partial charge in [-0.1, -0.05) is 16.8 Å². The van der Waals surface area contributed by atoms with Gasteiger partial charge in [0, 0.05) is 47.6 Å². The van der Waals surface area contributed by atoms with Gasteiger partial charge in [-0.25, -0.2) is 4.52 Å². The fraction of sp³-hybridized carbons (Fsp3) is 0.286. The molecule has 1 aliphatic heterocycles. The zero-order chi connectivity index (χ0) is 21.5. The molecule has 3 aromatic heterocycles.